The van der Waals surface area contributed by atoms with Gasteiger partial charge in [0.15, 0.2) is 5.82 Å². The van der Waals surface area contributed by atoms with Crippen molar-refractivity contribution in [3.05, 3.63) is 29.3 Å². The van der Waals surface area contributed by atoms with E-state index in [1.807, 2.05) is 0 Å². The molecule has 1 unspecified atom stereocenters. The van der Waals surface area contributed by atoms with Crippen LogP contribution in [0.4, 0.5) is 8.78 Å². The molecule has 0 saturated carbocycles. The molecular weight excluding hydrogens is 298 g/mol. The minimum absolute atomic E-state index is 0.313. The molecule has 0 amide bonds. The van der Waals surface area contributed by atoms with Crippen LogP contribution in [0.15, 0.2) is 17.0 Å². The molecule has 21 heavy (non-hydrogen) atoms. The van der Waals surface area contributed by atoms with Crippen LogP contribution in [0.1, 0.15) is 45.1 Å². The van der Waals surface area contributed by atoms with E-state index in [1.165, 1.54) is 0 Å². The van der Waals surface area contributed by atoms with E-state index in [1.54, 1.807) is 6.92 Å². The van der Waals surface area contributed by atoms with Crippen LogP contribution in [0, 0.1) is 11.6 Å². The van der Waals surface area contributed by atoms with E-state index in [4.69, 9.17) is 5.73 Å². The van der Waals surface area contributed by atoms with E-state index in [2.05, 4.69) is 11.6 Å². The first-order chi connectivity index (χ1) is 9.83. The fourth-order valence-electron chi connectivity index (χ4n) is 2.06. The Kier molecular flexibility index (Phi) is 6.70. The topological polar surface area (TPSA) is 72.2 Å². The maximum absolute atomic E-state index is 14.0. The Hall–Kier alpha value is -1.05. The van der Waals surface area contributed by atoms with Crippen molar-refractivity contribution in [2.24, 2.45) is 5.73 Å². The number of benzene rings is 1. The van der Waals surface area contributed by atoms with Crippen molar-refractivity contribution in [1.82, 2.24) is 4.72 Å². The summed E-state index contributed by atoms with van der Waals surface area (Å²) in [6.45, 7) is 3.38. The highest BCUT2D eigenvalue weighted by molar-refractivity contribution is 7.89. The zero-order valence-electron chi connectivity index (χ0n) is 12.3. The van der Waals surface area contributed by atoms with Crippen molar-refractivity contribution in [2.45, 2.75) is 57.0 Å². The highest BCUT2D eigenvalue weighted by Gasteiger charge is 2.24. The van der Waals surface area contributed by atoms with Crippen LogP contribution in [0.3, 0.4) is 0 Å². The Balaban J connectivity index is 2.93. The Morgan fingerprint density at radius 3 is 2.52 bits per heavy atom. The summed E-state index contributed by atoms with van der Waals surface area (Å²) in [6.07, 6.45) is 3.60. The third kappa shape index (κ3) is 4.72. The predicted octanol–water partition coefficient (Wildman–Crippen LogP) is 2.67. The van der Waals surface area contributed by atoms with Crippen LogP contribution in [0.2, 0.25) is 0 Å². The zero-order chi connectivity index (χ0) is 16.0. The normalized spacial score (nSPS) is 13.4. The molecule has 1 atom stereocenters. The van der Waals surface area contributed by atoms with Crippen molar-refractivity contribution in [3.8, 4) is 0 Å². The van der Waals surface area contributed by atoms with Gasteiger partial charge in [0.2, 0.25) is 10.0 Å². The summed E-state index contributed by atoms with van der Waals surface area (Å²) in [5, 5.41) is 0. The number of halogens is 2. The van der Waals surface area contributed by atoms with E-state index in [0.717, 1.165) is 31.4 Å². The molecule has 1 aromatic carbocycles. The number of sulfonamides is 1. The molecule has 0 fully saturated rings. The predicted molar refractivity (Wildman–Crippen MR) is 78.2 cm³/mol. The third-order valence-electron chi connectivity index (χ3n) is 3.24. The fourth-order valence-corrected chi connectivity index (χ4v) is 3.44. The highest BCUT2D eigenvalue weighted by atomic mass is 32.2. The van der Waals surface area contributed by atoms with Crippen LogP contribution < -0.4 is 10.5 Å². The van der Waals surface area contributed by atoms with E-state index < -0.39 is 38.7 Å². The van der Waals surface area contributed by atoms with Crippen LogP contribution in [0.25, 0.3) is 0 Å². The Labute approximate surface area is 124 Å². The maximum atomic E-state index is 14.0. The fraction of sp³-hybridized carbons (Fsp3) is 0.571. The minimum atomic E-state index is -4.02. The first-order valence-corrected chi connectivity index (χ1v) is 8.51. The Bertz CT molecular complexity index is 577. The van der Waals surface area contributed by atoms with Crippen LogP contribution in [-0.2, 0) is 16.6 Å². The number of hydrogen-bond donors (Lipinski definition) is 2. The first kappa shape index (κ1) is 18.0. The van der Waals surface area contributed by atoms with Crippen molar-refractivity contribution < 1.29 is 17.2 Å². The molecule has 0 heterocycles. The third-order valence-corrected chi connectivity index (χ3v) is 4.85. The van der Waals surface area contributed by atoms with Crippen molar-refractivity contribution in [3.63, 3.8) is 0 Å². The van der Waals surface area contributed by atoms with E-state index >= 15 is 0 Å². The Morgan fingerprint density at radius 1 is 1.29 bits per heavy atom. The number of unbranched alkanes of at least 4 members (excludes halogenated alkanes) is 2. The molecule has 0 radical (unpaired) electrons. The molecule has 0 saturated heterocycles. The Morgan fingerprint density at radius 2 is 1.95 bits per heavy atom. The van der Waals surface area contributed by atoms with Gasteiger partial charge in [0.1, 0.15) is 10.7 Å². The highest BCUT2D eigenvalue weighted by Crippen LogP contribution is 2.21. The van der Waals surface area contributed by atoms with Gasteiger partial charge in [-0.2, -0.15) is 0 Å². The summed E-state index contributed by atoms with van der Waals surface area (Å²) in [5.41, 5.74) is 4.83. The van der Waals surface area contributed by atoms with Gasteiger partial charge in [-0.1, -0.05) is 26.2 Å². The molecule has 4 nitrogen and oxygen atoms in total. The monoisotopic (exact) mass is 320 g/mol. The molecule has 0 aliphatic heterocycles. The zero-order valence-corrected chi connectivity index (χ0v) is 13.1. The summed E-state index contributed by atoms with van der Waals surface area (Å²) in [5.74, 6) is -1.96. The lowest BCUT2D eigenvalue weighted by Crippen LogP contribution is -2.33. The quantitative estimate of drug-likeness (QED) is 0.723. The first-order valence-electron chi connectivity index (χ1n) is 7.02. The van der Waals surface area contributed by atoms with Crippen molar-refractivity contribution in [2.75, 3.05) is 0 Å². The van der Waals surface area contributed by atoms with Gasteiger partial charge in [-0.25, -0.2) is 21.9 Å². The van der Waals surface area contributed by atoms with Crippen LogP contribution >= 0.6 is 0 Å². The molecular formula is C14H22F2N2O2S. The molecule has 1 rings (SSSR count). The number of rotatable bonds is 8. The van der Waals surface area contributed by atoms with E-state index in [-0.39, 0.29) is 6.04 Å². The molecule has 0 aliphatic rings. The molecule has 0 aromatic heterocycles. The second-order valence-corrected chi connectivity index (χ2v) is 6.74. The lowest BCUT2D eigenvalue weighted by atomic mass is 10.1. The second-order valence-electron chi connectivity index (χ2n) is 5.06. The smallest absolute Gasteiger partial charge is 0.243 e. The van der Waals surface area contributed by atoms with Crippen LogP contribution in [-0.4, -0.2) is 14.5 Å². The summed E-state index contributed by atoms with van der Waals surface area (Å²) in [7, 11) is -4.02. The molecule has 0 spiro atoms. The molecule has 0 bridgehead atoms. The van der Waals surface area contributed by atoms with Gasteiger partial charge in [0.25, 0.3) is 0 Å². The van der Waals surface area contributed by atoms with Gasteiger partial charge in [-0.3, -0.25) is 0 Å². The SMILES string of the molecule is CCCCCC(C)NS(=O)(=O)c1ccc(F)c(CN)c1F. The molecule has 120 valence electrons. The summed E-state index contributed by atoms with van der Waals surface area (Å²) < 4.78 is 54.1. The average Bonchev–Trinajstić information content (AvgIpc) is 2.38. The average molecular weight is 320 g/mol. The van der Waals surface area contributed by atoms with Crippen molar-refractivity contribution in [1.29, 1.82) is 0 Å². The number of nitrogens with one attached hydrogen (secondary N) is 1. The maximum Gasteiger partial charge on any atom is 0.243 e. The van der Waals surface area contributed by atoms with Crippen LogP contribution in [0.5, 0.6) is 0 Å². The largest absolute Gasteiger partial charge is 0.326 e. The van der Waals surface area contributed by atoms with Gasteiger partial charge < -0.3 is 5.73 Å². The lowest BCUT2D eigenvalue weighted by molar-refractivity contribution is 0.509. The minimum Gasteiger partial charge on any atom is -0.326 e. The molecule has 3 N–H and O–H groups in total. The standard InChI is InChI=1S/C14H22F2N2O2S/c1-3-4-5-6-10(2)18-21(19,20)13-8-7-12(15)11(9-17)14(13)16/h7-8,10,18H,3-6,9,17H2,1-2H3. The molecule has 7 heteroatoms. The van der Waals surface area contributed by atoms with Gasteiger partial charge in [-0.05, 0) is 25.5 Å². The van der Waals surface area contributed by atoms with Gasteiger partial charge in [-0.15, -0.1) is 0 Å². The van der Waals surface area contributed by atoms with Gasteiger partial charge in [0, 0.05) is 18.2 Å². The summed E-state index contributed by atoms with van der Waals surface area (Å²) >= 11 is 0. The van der Waals surface area contributed by atoms with E-state index in [9.17, 15) is 17.2 Å². The molecule has 0 aliphatic carbocycles. The number of nitrogens with two attached hydrogens (primary N) is 1. The second kappa shape index (κ2) is 7.82. The van der Waals surface area contributed by atoms with Gasteiger partial charge in [0.05, 0.1) is 0 Å². The summed E-state index contributed by atoms with van der Waals surface area (Å²) in [6, 6.07) is 1.53. The van der Waals surface area contributed by atoms with Gasteiger partial charge >= 0.3 is 0 Å². The number of hydrogen-bond acceptors (Lipinski definition) is 3. The van der Waals surface area contributed by atoms with Crippen molar-refractivity contribution >= 4 is 10.0 Å². The lowest BCUT2D eigenvalue weighted by Gasteiger charge is -2.15. The summed E-state index contributed by atoms with van der Waals surface area (Å²) in [4.78, 5) is -0.563. The molecule has 1 aromatic rings. The van der Waals surface area contributed by atoms with E-state index in [0.29, 0.717) is 6.42 Å².